The molecule has 3 atom stereocenters. The zero-order valence-electron chi connectivity index (χ0n) is 17.6. The van der Waals surface area contributed by atoms with Gasteiger partial charge in [-0.15, -0.1) is 0 Å². The zero-order valence-corrected chi connectivity index (χ0v) is 17.6. The number of allylic oxidation sites excluding steroid dienone is 1. The lowest BCUT2D eigenvalue weighted by Crippen LogP contribution is -2.36. The first kappa shape index (κ1) is 24.7. The summed E-state index contributed by atoms with van der Waals surface area (Å²) in [4.78, 5) is 35.1. The van der Waals surface area contributed by atoms with Crippen LogP contribution in [0.2, 0.25) is 0 Å². The maximum Gasteiger partial charge on any atom is 0.161 e. The third-order valence-electron chi connectivity index (χ3n) is 5.99. The standard InChI is InChI=1S/C23H38O5/c1-3-4-15-23(28,18(2)25)16-9-10-19-13-14-22(27)21(19)12-8-6-5-7-11-20(26)17-24/h9-10,19,21,24,28H,3-8,11-17H2,1-2H3/t19-,21+,23?/m0/s1. The van der Waals surface area contributed by atoms with Crippen LogP contribution in [0.15, 0.2) is 12.2 Å². The van der Waals surface area contributed by atoms with Crippen LogP contribution in [0.25, 0.3) is 0 Å². The van der Waals surface area contributed by atoms with E-state index in [9.17, 15) is 19.5 Å². The Morgan fingerprint density at radius 1 is 1.18 bits per heavy atom. The molecule has 28 heavy (non-hydrogen) atoms. The smallest absolute Gasteiger partial charge is 0.161 e. The molecule has 1 saturated carbocycles. The Morgan fingerprint density at radius 2 is 1.89 bits per heavy atom. The second-order valence-electron chi connectivity index (χ2n) is 8.25. The molecule has 5 nitrogen and oxygen atoms in total. The summed E-state index contributed by atoms with van der Waals surface area (Å²) in [6, 6.07) is 0. The van der Waals surface area contributed by atoms with Crippen LogP contribution < -0.4 is 0 Å². The minimum Gasteiger partial charge on any atom is -0.389 e. The maximum absolute atomic E-state index is 12.2. The molecule has 0 aromatic rings. The van der Waals surface area contributed by atoms with Gasteiger partial charge in [-0.05, 0) is 38.5 Å². The van der Waals surface area contributed by atoms with E-state index in [-0.39, 0.29) is 30.0 Å². The molecule has 1 rings (SSSR count). The van der Waals surface area contributed by atoms with E-state index in [1.807, 2.05) is 19.1 Å². The normalized spacial score (nSPS) is 21.9. The molecule has 1 aliphatic rings. The molecule has 0 aliphatic heterocycles. The highest BCUT2D eigenvalue weighted by molar-refractivity contribution is 5.85. The molecule has 160 valence electrons. The molecule has 0 saturated heterocycles. The lowest BCUT2D eigenvalue weighted by atomic mass is 9.86. The van der Waals surface area contributed by atoms with Gasteiger partial charge in [0.15, 0.2) is 11.6 Å². The van der Waals surface area contributed by atoms with Gasteiger partial charge in [0.2, 0.25) is 0 Å². The van der Waals surface area contributed by atoms with E-state index in [4.69, 9.17) is 5.11 Å². The maximum atomic E-state index is 12.2. The molecular weight excluding hydrogens is 356 g/mol. The topological polar surface area (TPSA) is 91.7 Å². The van der Waals surface area contributed by atoms with Gasteiger partial charge in [-0.25, -0.2) is 0 Å². The van der Waals surface area contributed by atoms with Gasteiger partial charge in [-0.1, -0.05) is 51.2 Å². The van der Waals surface area contributed by atoms with Gasteiger partial charge in [0, 0.05) is 25.2 Å². The number of hydrogen-bond acceptors (Lipinski definition) is 5. The van der Waals surface area contributed by atoms with Crippen LogP contribution >= 0.6 is 0 Å². The Morgan fingerprint density at radius 3 is 2.54 bits per heavy atom. The molecule has 0 amide bonds. The Bertz CT molecular complexity index is 539. The fourth-order valence-corrected chi connectivity index (χ4v) is 3.99. The van der Waals surface area contributed by atoms with E-state index in [2.05, 4.69) is 0 Å². The lowest BCUT2D eigenvalue weighted by Gasteiger charge is -2.24. The Hall–Kier alpha value is -1.33. The lowest BCUT2D eigenvalue weighted by molar-refractivity contribution is -0.135. The van der Waals surface area contributed by atoms with E-state index >= 15 is 0 Å². The van der Waals surface area contributed by atoms with E-state index in [0.29, 0.717) is 31.5 Å². The Kier molecular flexibility index (Phi) is 11.5. The second kappa shape index (κ2) is 13.0. The summed E-state index contributed by atoms with van der Waals surface area (Å²) in [6.45, 7) is 3.11. The minimum absolute atomic E-state index is 0.0383. The summed E-state index contributed by atoms with van der Waals surface area (Å²) in [5, 5.41) is 19.3. The predicted octanol–water partition coefficient (Wildman–Crippen LogP) is 3.94. The Labute approximate surface area is 169 Å². The second-order valence-corrected chi connectivity index (χ2v) is 8.25. The number of unbranched alkanes of at least 4 members (excludes halogenated alkanes) is 4. The molecule has 2 N–H and O–H groups in total. The average Bonchev–Trinajstić information content (AvgIpc) is 3.02. The summed E-state index contributed by atoms with van der Waals surface area (Å²) in [5.41, 5.74) is -1.28. The van der Waals surface area contributed by atoms with Crippen molar-refractivity contribution >= 4 is 17.3 Å². The van der Waals surface area contributed by atoms with Gasteiger partial charge in [0.05, 0.1) is 0 Å². The molecule has 5 heteroatoms. The van der Waals surface area contributed by atoms with Crippen LogP contribution in [0, 0.1) is 11.8 Å². The minimum atomic E-state index is -1.28. The van der Waals surface area contributed by atoms with Crippen LogP contribution in [0.1, 0.15) is 90.9 Å². The number of aliphatic hydroxyl groups excluding tert-OH is 1. The molecule has 0 bridgehead atoms. The molecule has 0 heterocycles. The zero-order chi connectivity index (χ0) is 21.0. The van der Waals surface area contributed by atoms with Crippen LogP contribution in [0.5, 0.6) is 0 Å². The van der Waals surface area contributed by atoms with Crippen molar-refractivity contribution < 1.29 is 24.6 Å². The van der Waals surface area contributed by atoms with Crippen molar-refractivity contribution in [1.29, 1.82) is 0 Å². The summed E-state index contributed by atoms with van der Waals surface area (Å²) in [5.74, 6) is 0.255. The predicted molar refractivity (Wildman–Crippen MR) is 110 cm³/mol. The third kappa shape index (κ3) is 8.36. The number of rotatable bonds is 15. The van der Waals surface area contributed by atoms with Crippen LogP contribution in [0.3, 0.4) is 0 Å². The van der Waals surface area contributed by atoms with E-state index < -0.39 is 5.60 Å². The fraction of sp³-hybridized carbons (Fsp3) is 0.783. The highest BCUT2D eigenvalue weighted by atomic mass is 16.3. The third-order valence-corrected chi connectivity index (χ3v) is 5.99. The summed E-state index contributed by atoms with van der Waals surface area (Å²) < 4.78 is 0. The molecular formula is C23H38O5. The van der Waals surface area contributed by atoms with Gasteiger partial charge in [0.25, 0.3) is 0 Å². The molecule has 0 aromatic heterocycles. The first-order chi connectivity index (χ1) is 13.3. The summed E-state index contributed by atoms with van der Waals surface area (Å²) in [6.07, 6.45) is 12.9. The monoisotopic (exact) mass is 394 g/mol. The van der Waals surface area contributed by atoms with Gasteiger partial charge in [-0.3, -0.25) is 14.4 Å². The van der Waals surface area contributed by atoms with Gasteiger partial charge < -0.3 is 10.2 Å². The Balaban J connectivity index is 2.44. The number of aliphatic hydroxyl groups is 2. The van der Waals surface area contributed by atoms with Gasteiger partial charge in [0.1, 0.15) is 18.0 Å². The quantitative estimate of drug-likeness (QED) is 0.324. The average molecular weight is 395 g/mol. The number of hydrogen-bond donors (Lipinski definition) is 2. The highest BCUT2D eigenvalue weighted by Crippen LogP contribution is 2.34. The molecule has 0 radical (unpaired) electrons. The van der Waals surface area contributed by atoms with Crippen molar-refractivity contribution in [3.8, 4) is 0 Å². The molecule has 1 unspecified atom stereocenters. The molecule has 1 fully saturated rings. The van der Waals surface area contributed by atoms with E-state index in [1.165, 1.54) is 6.92 Å². The highest BCUT2D eigenvalue weighted by Gasteiger charge is 2.33. The molecule has 0 aromatic carbocycles. The van der Waals surface area contributed by atoms with Gasteiger partial charge in [-0.2, -0.15) is 0 Å². The SMILES string of the molecule is CCCCC(O)(CC=C[C@H]1CCC(=O)[C@@H]1CCCCCCC(=O)CO)C(C)=O. The summed E-state index contributed by atoms with van der Waals surface area (Å²) in [7, 11) is 0. The number of carbonyl (C=O) groups is 3. The van der Waals surface area contributed by atoms with E-state index in [0.717, 1.165) is 51.4 Å². The van der Waals surface area contributed by atoms with Crippen LogP contribution in [-0.4, -0.2) is 39.8 Å². The first-order valence-corrected chi connectivity index (χ1v) is 10.9. The van der Waals surface area contributed by atoms with Crippen molar-refractivity contribution in [2.75, 3.05) is 6.61 Å². The number of Topliss-reactive ketones (excluding diaryl/α,β-unsaturated/α-hetero) is 3. The van der Waals surface area contributed by atoms with Crippen molar-refractivity contribution in [1.82, 2.24) is 0 Å². The van der Waals surface area contributed by atoms with Crippen molar-refractivity contribution in [3.05, 3.63) is 12.2 Å². The van der Waals surface area contributed by atoms with Crippen LogP contribution in [-0.2, 0) is 14.4 Å². The van der Waals surface area contributed by atoms with Crippen molar-refractivity contribution in [3.63, 3.8) is 0 Å². The first-order valence-electron chi connectivity index (χ1n) is 10.9. The summed E-state index contributed by atoms with van der Waals surface area (Å²) >= 11 is 0. The number of carbonyl (C=O) groups excluding carboxylic acids is 3. The van der Waals surface area contributed by atoms with Crippen LogP contribution in [0.4, 0.5) is 0 Å². The van der Waals surface area contributed by atoms with Gasteiger partial charge >= 0.3 is 0 Å². The fourth-order valence-electron chi connectivity index (χ4n) is 3.99. The van der Waals surface area contributed by atoms with Crippen molar-refractivity contribution in [2.45, 2.75) is 96.5 Å². The molecule has 1 aliphatic carbocycles. The van der Waals surface area contributed by atoms with E-state index in [1.54, 1.807) is 0 Å². The number of ketones is 3. The largest absolute Gasteiger partial charge is 0.389 e. The molecule has 0 spiro atoms. The van der Waals surface area contributed by atoms with Crippen molar-refractivity contribution in [2.24, 2.45) is 11.8 Å².